The Morgan fingerprint density at radius 3 is 2.29 bits per heavy atom. The zero-order valence-corrected chi connectivity index (χ0v) is 8.58. The van der Waals surface area contributed by atoms with Gasteiger partial charge in [0.1, 0.15) is 19.0 Å². The summed E-state index contributed by atoms with van der Waals surface area (Å²) in [6.45, 7) is 9.40. The molecule has 0 heterocycles. The molecule has 0 fully saturated rings. The number of carbonyl (C=O) groups is 1. The molecule has 0 saturated carbocycles. The van der Waals surface area contributed by atoms with Crippen molar-refractivity contribution in [3.63, 3.8) is 0 Å². The summed E-state index contributed by atoms with van der Waals surface area (Å²) in [5, 5.41) is 0.855. The van der Waals surface area contributed by atoms with Crippen LogP contribution >= 0.6 is 0 Å². The summed E-state index contributed by atoms with van der Waals surface area (Å²) < 4.78 is 9.80. The van der Waals surface area contributed by atoms with E-state index in [0.29, 0.717) is 5.76 Å². The summed E-state index contributed by atoms with van der Waals surface area (Å²) in [5.41, 5.74) is 0.743. The van der Waals surface area contributed by atoms with Crippen molar-refractivity contribution < 1.29 is 14.3 Å². The summed E-state index contributed by atoms with van der Waals surface area (Å²) in [5.74, 6) is 5.60. The van der Waals surface area contributed by atoms with Crippen LogP contribution < -0.4 is 5.84 Å². The van der Waals surface area contributed by atoms with E-state index >= 15 is 0 Å². The number of ether oxygens (including phenoxy) is 2. The third kappa shape index (κ3) is 5.21. The van der Waals surface area contributed by atoms with Crippen LogP contribution in [0.1, 0.15) is 6.92 Å². The van der Waals surface area contributed by atoms with Gasteiger partial charge in [-0.25, -0.2) is 15.6 Å². The lowest BCUT2D eigenvalue weighted by Crippen LogP contribution is -2.34. The van der Waals surface area contributed by atoms with E-state index in [9.17, 15) is 4.79 Å². The Labute approximate surface area is 83.7 Å². The Morgan fingerprint density at radius 1 is 1.36 bits per heavy atom. The third-order valence-corrected chi connectivity index (χ3v) is 1.35. The highest BCUT2D eigenvalue weighted by Gasteiger charge is 2.04. The van der Waals surface area contributed by atoms with E-state index in [1.165, 1.54) is 7.05 Å². The number of allylic oxidation sites excluding steroid dienone is 1. The average Bonchev–Trinajstić information content (AvgIpc) is 2.11. The molecule has 0 aromatic rings. The van der Waals surface area contributed by atoms with E-state index in [1.807, 2.05) is 0 Å². The van der Waals surface area contributed by atoms with Crippen LogP contribution in [0.2, 0.25) is 0 Å². The van der Waals surface area contributed by atoms with Crippen LogP contribution in [0.3, 0.4) is 0 Å². The molecule has 0 atom stereocenters. The number of carbonyl (C=O) groups excluding carboxylic acids is 1. The van der Waals surface area contributed by atoms with Gasteiger partial charge in [-0.15, -0.1) is 0 Å². The van der Waals surface area contributed by atoms with Crippen LogP contribution in [-0.2, 0) is 9.47 Å². The Morgan fingerprint density at radius 2 is 1.86 bits per heavy atom. The fraction of sp³-hybridized carbons (Fsp3) is 0.444. The van der Waals surface area contributed by atoms with Gasteiger partial charge >= 0.3 is 6.09 Å². The number of rotatable bonds is 5. The molecule has 0 bridgehead atoms. The van der Waals surface area contributed by atoms with Crippen molar-refractivity contribution in [2.45, 2.75) is 6.92 Å². The minimum absolute atomic E-state index is 0.132. The standard InChI is InChI=1S/C9H16N2O3/c1-7(2)8(3)13-5-6-14-9(12)11(4)10/h1,3,5-6,10H2,2,4H3. The highest BCUT2D eigenvalue weighted by atomic mass is 16.6. The Hall–Kier alpha value is -1.49. The fourth-order valence-electron chi connectivity index (χ4n) is 0.519. The molecule has 2 N–H and O–H groups in total. The van der Waals surface area contributed by atoms with E-state index in [0.717, 1.165) is 10.6 Å². The SMILES string of the molecule is C=C(C)C(=C)OCCOC(=O)N(C)N. The summed E-state index contributed by atoms with van der Waals surface area (Å²) in [6.07, 6.45) is -0.602. The van der Waals surface area contributed by atoms with Crippen molar-refractivity contribution in [2.24, 2.45) is 5.84 Å². The van der Waals surface area contributed by atoms with Gasteiger partial charge in [-0.05, 0) is 12.5 Å². The Bertz CT molecular complexity index is 236. The van der Waals surface area contributed by atoms with Crippen molar-refractivity contribution in [2.75, 3.05) is 20.3 Å². The molecule has 1 amide bonds. The Balaban J connectivity index is 3.52. The van der Waals surface area contributed by atoms with Gasteiger partial charge in [-0.3, -0.25) is 0 Å². The maximum atomic E-state index is 10.8. The molecule has 0 spiro atoms. The predicted octanol–water partition coefficient (Wildman–Crippen LogP) is 1.03. The number of amides is 1. The number of hydrogen-bond donors (Lipinski definition) is 1. The van der Waals surface area contributed by atoms with Crippen LogP contribution in [-0.4, -0.2) is 31.4 Å². The van der Waals surface area contributed by atoms with E-state index < -0.39 is 6.09 Å². The molecule has 0 aromatic carbocycles. The number of nitrogens with zero attached hydrogens (tertiary/aromatic N) is 1. The summed E-state index contributed by atoms with van der Waals surface area (Å²) in [6, 6.07) is 0. The van der Waals surface area contributed by atoms with Crippen LogP contribution in [0.4, 0.5) is 4.79 Å². The fourth-order valence-corrected chi connectivity index (χ4v) is 0.519. The predicted molar refractivity (Wildman–Crippen MR) is 53.2 cm³/mol. The smallest absolute Gasteiger partial charge is 0.423 e. The molecule has 0 aromatic heterocycles. The van der Waals surface area contributed by atoms with E-state index in [1.54, 1.807) is 6.92 Å². The molecule has 0 aliphatic carbocycles. The molecule has 5 nitrogen and oxygen atoms in total. The van der Waals surface area contributed by atoms with E-state index in [-0.39, 0.29) is 13.2 Å². The summed E-state index contributed by atoms with van der Waals surface area (Å²) in [7, 11) is 1.40. The maximum Gasteiger partial charge on any atom is 0.423 e. The topological polar surface area (TPSA) is 64.8 Å². The minimum atomic E-state index is -0.602. The highest BCUT2D eigenvalue weighted by molar-refractivity contribution is 5.66. The van der Waals surface area contributed by atoms with Crippen molar-refractivity contribution in [1.29, 1.82) is 0 Å². The molecule has 80 valence electrons. The van der Waals surface area contributed by atoms with Crippen molar-refractivity contribution in [1.82, 2.24) is 5.01 Å². The molecule has 0 aliphatic heterocycles. The number of hydrazine groups is 1. The van der Waals surface area contributed by atoms with Gasteiger partial charge in [0.25, 0.3) is 0 Å². The zero-order chi connectivity index (χ0) is 11.1. The number of nitrogens with two attached hydrogens (primary N) is 1. The second-order valence-electron chi connectivity index (χ2n) is 2.78. The molecular formula is C9H16N2O3. The lowest BCUT2D eigenvalue weighted by molar-refractivity contribution is 0.0824. The van der Waals surface area contributed by atoms with Gasteiger partial charge in [0.15, 0.2) is 0 Å². The van der Waals surface area contributed by atoms with Crippen LogP contribution in [0.15, 0.2) is 24.5 Å². The van der Waals surface area contributed by atoms with Gasteiger partial charge in [-0.1, -0.05) is 13.2 Å². The molecule has 0 rings (SSSR count). The van der Waals surface area contributed by atoms with Crippen LogP contribution in [0.5, 0.6) is 0 Å². The molecular weight excluding hydrogens is 184 g/mol. The highest BCUT2D eigenvalue weighted by Crippen LogP contribution is 2.04. The first-order chi connectivity index (χ1) is 6.45. The second kappa shape index (κ2) is 6.04. The monoisotopic (exact) mass is 200 g/mol. The van der Waals surface area contributed by atoms with E-state index in [2.05, 4.69) is 13.2 Å². The zero-order valence-electron chi connectivity index (χ0n) is 8.58. The molecule has 0 radical (unpaired) electrons. The molecule has 5 heteroatoms. The quantitative estimate of drug-likeness (QED) is 0.180. The first-order valence-electron chi connectivity index (χ1n) is 4.08. The Kier molecular flexibility index (Phi) is 5.40. The lowest BCUT2D eigenvalue weighted by atomic mass is 10.3. The van der Waals surface area contributed by atoms with E-state index in [4.69, 9.17) is 15.3 Å². The maximum absolute atomic E-state index is 10.8. The second-order valence-corrected chi connectivity index (χ2v) is 2.78. The summed E-state index contributed by atoms with van der Waals surface area (Å²) >= 11 is 0. The van der Waals surface area contributed by atoms with Gasteiger partial charge in [0.05, 0.1) is 0 Å². The van der Waals surface area contributed by atoms with Gasteiger partial charge in [-0.2, -0.15) is 0 Å². The normalized spacial score (nSPS) is 9.07. The first-order valence-corrected chi connectivity index (χ1v) is 4.08. The number of hydrogen-bond acceptors (Lipinski definition) is 4. The lowest BCUT2D eigenvalue weighted by Gasteiger charge is -2.12. The van der Waals surface area contributed by atoms with Crippen molar-refractivity contribution in [3.05, 3.63) is 24.5 Å². The molecule has 0 saturated heterocycles. The molecule has 14 heavy (non-hydrogen) atoms. The van der Waals surface area contributed by atoms with Gasteiger partial charge in [0, 0.05) is 7.05 Å². The van der Waals surface area contributed by atoms with Crippen LogP contribution in [0.25, 0.3) is 0 Å². The molecule has 0 unspecified atom stereocenters. The minimum Gasteiger partial charge on any atom is -0.490 e. The third-order valence-electron chi connectivity index (χ3n) is 1.35. The van der Waals surface area contributed by atoms with Crippen LogP contribution in [0, 0.1) is 0 Å². The molecule has 0 aliphatic rings. The summed E-state index contributed by atoms with van der Waals surface area (Å²) in [4.78, 5) is 10.8. The van der Waals surface area contributed by atoms with Gasteiger partial charge < -0.3 is 9.47 Å². The largest absolute Gasteiger partial charge is 0.490 e. The van der Waals surface area contributed by atoms with Gasteiger partial charge in [0.2, 0.25) is 0 Å². The first kappa shape index (κ1) is 12.5. The van der Waals surface area contributed by atoms with Crippen molar-refractivity contribution >= 4 is 6.09 Å². The van der Waals surface area contributed by atoms with Crippen molar-refractivity contribution in [3.8, 4) is 0 Å². The average molecular weight is 200 g/mol.